The highest BCUT2D eigenvalue weighted by Gasteiger charge is 2.42. The fraction of sp³-hybridized carbons (Fsp3) is 0.391. The SMILES string of the molecule is CO/N=C1\CN(C(=O)c2ccc(Cc3ccccc3C)cc2)[C@H](CO)CC1(C)O. The first-order valence-electron chi connectivity index (χ1n) is 9.74. The number of carbonyl (C=O) groups excluding carboxylic acids is 1. The lowest BCUT2D eigenvalue weighted by Gasteiger charge is -2.42. The lowest BCUT2D eigenvalue weighted by atomic mass is 9.86. The minimum atomic E-state index is -1.22. The van der Waals surface area contributed by atoms with Gasteiger partial charge in [0, 0.05) is 12.0 Å². The number of carbonyl (C=O) groups is 1. The van der Waals surface area contributed by atoms with Crippen molar-refractivity contribution in [2.45, 2.75) is 38.3 Å². The van der Waals surface area contributed by atoms with E-state index in [1.165, 1.54) is 18.2 Å². The summed E-state index contributed by atoms with van der Waals surface area (Å²) in [6.07, 6.45) is 1.00. The van der Waals surface area contributed by atoms with Crippen LogP contribution in [0.5, 0.6) is 0 Å². The number of rotatable bonds is 5. The molecule has 0 radical (unpaired) electrons. The molecule has 29 heavy (non-hydrogen) atoms. The van der Waals surface area contributed by atoms with E-state index in [0.717, 1.165) is 12.0 Å². The first-order valence-corrected chi connectivity index (χ1v) is 9.74. The number of likely N-dealkylation sites (tertiary alicyclic amines) is 1. The van der Waals surface area contributed by atoms with E-state index in [4.69, 9.17) is 4.84 Å². The molecule has 1 aliphatic heterocycles. The van der Waals surface area contributed by atoms with Crippen LogP contribution >= 0.6 is 0 Å². The average molecular weight is 396 g/mol. The first-order chi connectivity index (χ1) is 13.9. The summed E-state index contributed by atoms with van der Waals surface area (Å²) in [5.41, 5.74) is 3.30. The topological polar surface area (TPSA) is 82.4 Å². The molecule has 1 aliphatic rings. The quantitative estimate of drug-likeness (QED) is 0.761. The summed E-state index contributed by atoms with van der Waals surface area (Å²) in [4.78, 5) is 19.5. The predicted octanol–water partition coefficient (Wildman–Crippen LogP) is 2.55. The smallest absolute Gasteiger partial charge is 0.254 e. The number of aryl methyl sites for hydroxylation is 1. The van der Waals surface area contributed by atoms with Crippen LogP contribution in [0.15, 0.2) is 53.7 Å². The second-order valence-electron chi connectivity index (χ2n) is 7.77. The van der Waals surface area contributed by atoms with Crippen LogP contribution in [0.25, 0.3) is 0 Å². The first kappa shape index (κ1) is 21.0. The molecule has 2 aromatic carbocycles. The largest absolute Gasteiger partial charge is 0.399 e. The predicted molar refractivity (Wildman–Crippen MR) is 112 cm³/mol. The number of aliphatic hydroxyl groups is 2. The van der Waals surface area contributed by atoms with Gasteiger partial charge in [-0.3, -0.25) is 4.79 Å². The molecule has 3 rings (SSSR count). The minimum absolute atomic E-state index is 0.107. The number of amides is 1. The average Bonchev–Trinajstić information content (AvgIpc) is 2.71. The summed E-state index contributed by atoms with van der Waals surface area (Å²) in [6, 6.07) is 15.3. The summed E-state index contributed by atoms with van der Waals surface area (Å²) < 4.78 is 0. The van der Waals surface area contributed by atoms with Gasteiger partial charge in [0.1, 0.15) is 18.4 Å². The van der Waals surface area contributed by atoms with Crippen molar-refractivity contribution in [2.24, 2.45) is 5.16 Å². The van der Waals surface area contributed by atoms with Gasteiger partial charge in [-0.25, -0.2) is 0 Å². The summed E-state index contributed by atoms with van der Waals surface area (Å²) in [6.45, 7) is 3.59. The van der Waals surface area contributed by atoms with Gasteiger partial charge in [0.2, 0.25) is 0 Å². The Morgan fingerprint density at radius 3 is 2.55 bits per heavy atom. The molecule has 0 bridgehead atoms. The molecule has 6 nitrogen and oxygen atoms in total. The van der Waals surface area contributed by atoms with Crippen LogP contribution < -0.4 is 0 Å². The van der Waals surface area contributed by atoms with Crippen LogP contribution in [-0.2, 0) is 11.3 Å². The molecule has 1 fully saturated rings. The molecular formula is C23H28N2O4. The Balaban J connectivity index is 1.78. The number of nitrogens with zero attached hydrogens (tertiary/aromatic N) is 2. The van der Waals surface area contributed by atoms with Crippen molar-refractivity contribution in [2.75, 3.05) is 20.3 Å². The third-order valence-electron chi connectivity index (χ3n) is 5.55. The van der Waals surface area contributed by atoms with Gasteiger partial charge in [-0.15, -0.1) is 0 Å². The molecule has 1 amide bonds. The zero-order chi connectivity index (χ0) is 21.0. The van der Waals surface area contributed by atoms with Gasteiger partial charge in [-0.1, -0.05) is 41.6 Å². The van der Waals surface area contributed by atoms with E-state index >= 15 is 0 Å². The molecule has 2 atom stereocenters. The Morgan fingerprint density at radius 1 is 1.24 bits per heavy atom. The van der Waals surface area contributed by atoms with Gasteiger partial charge in [-0.05, 0) is 49.1 Å². The van der Waals surface area contributed by atoms with E-state index in [2.05, 4.69) is 24.2 Å². The van der Waals surface area contributed by atoms with Crippen molar-refractivity contribution in [3.05, 3.63) is 70.8 Å². The van der Waals surface area contributed by atoms with Gasteiger partial charge < -0.3 is 20.0 Å². The van der Waals surface area contributed by atoms with E-state index in [1.807, 2.05) is 36.4 Å². The maximum absolute atomic E-state index is 13.1. The van der Waals surface area contributed by atoms with Crippen molar-refractivity contribution in [3.63, 3.8) is 0 Å². The highest BCUT2D eigenvalue weighted by Crippen LogP contribution is 2.26. The monoisotopic (exact) mass is 396 g/mol. The molecule has 1 saturated heterocycles. The zero-order valence-electron chi connectivity index (χ0n) is 17.1. The zero-order valence-corrected chi connectivity index (χ0v) is 17.1. The van der Waals surface area contributed by atoms with Crippen LogP contribution in [-0.4, -0.2) is 58.6 Å². The van der Waals surface area contributed by atoms with E-state index in [1.54, 1.807) is 11.8 Å². The fourth-order valence-electron chi connectivity index (χ4n) is 3.75. The van der Waals surface area contributed by atoms with Crippen LogP contribution in [0.2, 0.25) is 0 Å². The second-order valence-corrected chi connectivity index (χ2v) is 7.77. The van der Waals surface area contributed by atoms with Gasteiger partial charge in [0.15, 0.2) is 0 Å². The highest BCUT2D eigenvalue weighted by molar-refractivity contribution is 6.01. The standard InChI is InChI=1S/C23H28N2O4/c1-16-6-4-5-7-19(16)12-17-8-10-18(11-9-17)22(27)25-14-21(24-29-3)23(2,28)13-20(25)15-26/h4-11,20,26,28H,12-15H2,1-3H3/b24-21+/t20-,23?/m0/s1. The van der Waals surface area contributed by atoms with Crippen molar-refractivity contribution >= 4 is 11.6 Å². The lowest BCUT2D eigenvalue weighted by Crippen LogP contribution is -2.58. The van der Waals surface area contributed by atoms with Gasteiger partial charge in [0.25, 0.3) is 5.91 Å². The number of piperidine rings is 1. The van der Waals surface area contributed by atoms with E-state index < -0.39 is 11.6 Å². The molecule has 0 saturated carbocycles. The van der Waals surface area contributed by atoms with Crippen LogP contribution in [0.1, 0.15) is 40.4 Å². The third kappa shape index (κ3) is 4.66. The summed E-state index contributed by atoms with van der Waals surface area (Å²) in [7, 11) is 1.40. The molecule has 0 aromatic heterocycles. The maximum atomic E-state index is 13.1. The summed E-state index contributed by atoms with van der Waals surface area (Å²) >= 11 is 0. The molecule has 154 valence electrons. The number of oxime groups is 1. The van der Waals surface area contributed by atoms with E-state index in [9.17, 15) is 15.0 Å². The second kappa shape index (κ2) is 8.76. The van der Waals surface area contributed by atoms with Crippen molar-refractivity contribution in [3.8, 4) is 0 Å². The molecule has 1 heterocycles. The number of benzene rings is 2. The van der Waals surface area contributed by atoms with Crippen molar-refractivity contribution in [1.29, 1.82) is 0 Å². The molecule has 0 spiro atoms. The lowest BCUT2D eigenvalue weighted by molar-refractivity contribution is 0.0211. The highest BCUT2D eigenvalue weighted by atomic mass is 16.6. The molecule has 2 N–H and O–H groups in total. The van der Waals surface area contributed by atoms with Crippen molar-refractivity contribution < 1.29 is 19.8 Å². The summed E-state index contributed by atoms with van der Waals surface area (Å²) in [5, 5.41) is 24.2. The van der Waals surface area contributed by atoms with Crippen LogP contribution in [0, 0.1) is 6.92 Å². The molecule has 0 aliphatic carbocycles. The normalized spacial score (nSPS) is 23.3. The van der Waals surface area contributed by atoms with Crippen molar-refractivity contribution in [1.82, 2.24) is 4.90 Å². The maximum Gasteiger partial charge on any atom is 0.254 e. The number of hydrogen-bond donors (Lipinski definition) is 2. The van der Waals surface area contributed by atoms with Crippen LogP contribution in [0.3, 0.4) is 0 Å². The summed E-state index contributed by atoms with van der Waals surface area (Å²) in [5.74, 6) is -0.203. The van der Waals surface area contributed by atoms with Crippen LogP contribution in [0.4, 0.5) is 0 Å². The Morgan fingerprint density at radius 2 is 1.93 bits per heavy atom. The number of aliphatic hydroxyl groups excluding tert-OH is 1. The molecule has 6 heteroatoms. The minimum Gasteiger partial charge on any atom is -0.399 e. The Hall–Kier alpha value is -2.70. The van der Waals surface area contributed by atoms with Gasteiger partial charge in [0.05, 0.1) is 19.2 Å². The Kier molecular flexibility index (Phi) is 6.35. The third-order valence-corrected chi connectivity index (χ3v) is 5.55. The molecular weight excluding hydrogens is 368 g/mol. The Bertz CT molecular complexity index is 890. The number of hydrogen-bond acceptors (Lipinski definition) is 5. The van der Waals surface area contributed by atoms with E-state index in [-0.39, 0.29) is 25.5 Å². The molecule has 2 aromatic rings. The molecule has 1 unspecified atom stereocenters. The Labute approximate surface area is 171 Å². The van der Waals surface area contributed by atoms with Gasteiger partial charge in [-0.2, -0.15) is 0 Å². The van der Waals surface area contributed by atoms with Gasteiger partial charge >= 0.3 is 0 Å². The fourth-order valence-corrected chi connectivity index (χ4v) is 3.75. The van der Waals surface area contributed by atoms with E-state index in [0.29, 0.717) is 11.3 Å².